The van der Waals surface area contributed by atoms with Gasteiger partial charge in [-0.05, 0) is 36.4 Å². The topological polar surface area (TPSA) is 133 Å². The van der Waals surface area contributed by atoms with Crippen LogP contribution >= 0.6 is 0 Å². The van der Waals surface area contributed by atoms with Gasteiger partial charge in [0, 0.05) is 12.1 Å². The molecule has 0 radical (unpaired) electrons. The summed E-state index contributed by atoms with van der Waals surface area (Å²) in [5.41, 5.74) is -1.19. The van der Waals surface area contributed by atoms with E-state index >= 15 is 0 Å². The molecule has 0 aliphatic carbocycles. The van der Waals surface area contributed by atoms with E-state index < -0.39 is 21.6 Å². The molecule has 2 aromatic heterocycles. The standard InChI is InChI=1S/C22H13N5O5/c28-19-15-5-1-2-6-16(15)21(30)26(24-19)22-23-18-8-4-3-7-17(18)20(29)25(22)13-9-11-14(12-10-13)27(31)32/h1-12H,(H,24,28). The van der Waals surface area contributed by atoms with Crippen LogP contribution in [-0.2, 0) is 0 Å². The second kappa shape index (κ2) is 7.13. The van der Waals surface area contributed by atoms with Crippen molar-refractivity contribution in [1.29, 1.82) is 0 Å². The van der Waals surface area contributed by atoms with Crippen LogP contribution < -0.4 is 16.7 Å². The number of para-hydroxylation sites is 1. The number of aromatic nitrogens is 4. The van der Waals surface area contributed by atoms with Crippen LogP contribution in [0.1, 0.15) is 0 Å². The lowest BCUT2D eigenvalue weighted by Crippen LogP contribution is -2.34. The summed E-state index contributed by atoms with van der Waals surface area (Å²) in [6.45, 7) is 0. The highest BCUT2D eigenvalue weighted by Gasteiger charge is 2.18. The van der Waals surface area contributed by atoms with E-state index in [-0.39, 0.29) is 33.5 Å². The first kappa shape index (κ1) is 19.1. The molecule has 0 fully saturated rings. The number of nitrogens with one attached hydrogen (secondary N) is 1. The predicted octanol–water partition coefficient (Wildman–Crippen LogP) is 2.29. The summed E-state index contributed by atoms with van der Waals surface area (Å²) in [7, 11) is 0. The molecule has 10 nitrogen and oxygen atoms in total. The Morgan fingerprint density at radius 1 is 0.781 bits per heavy atom. The van der Waals surface area contributed by atoms with Crippen LogP contribution in [0.3, 0.4) is 0 Å². The highest BCUT2D eigenvalue weighted by Crippen LogP contribution is 2.18. The lowest BCUT2D eigenvalue weighted by atomic mass is 10.2. The van der Waals surface area contributed by atoms with E-state index in [0.29, 0.717) is 5.52 Å². The Hall–Kier alpha value is -4.86. The minimum Gasteiger partial charge on any atom is -0.268 e. The molecule has 32 heavy (non-hydrogen) atoms. The van der Waals surface area contributed by atoms with Crippen LogP contribution in [0, 0.1) is 10.1 Å². The third-order valence-electron chi connectivity index (χ3n) is 5.10. The molecule has 5 aromatic rings. The lowest BCUT2D eigenvalue weighted by Gasteiger charge is -2.15. The molecule has 0 bridgehead atoms. The number of fused-ring (bicyclic) bond motifs is 2. The number of nitro benzene ring substituents is 1. The van der Waals surface area contributed by atoms with Crippen LogP contribution in [0.4, 0.5) is 5.69 Å². The number of aromatic amines is 1. The molecule has 10 heteroatoms. The van der Waals surface area contributed by atoms with Gasteiger partial charge in [-0.25, -0.2) is 9.55 Å². The van der Waals surface area contributed by atoms with E-state index in [1.807, 2.05) is 0 Å². The molecule has 0 unspecified atom stereocenters. The number of nitrogens with zero attached hydrogens (tertiary/aromatic N) is 4. The van der Waals surface area contributed by atoms with Gasteiger partial charge in [-0.1, -0.05) is 24.3 Å². The monoisotopic (exact) mass is 427 g/mol. The van der Waals surface area contributed by atoms with Crippen molar-refractivity contribution in [2.24, 2.45) is 0 Å². The molecule has 0 aliphatic rings. The van der Waals surface area contributed by atoms with Crippen LogP contribution in [0.5, 0.6) is 0 Å². The van der Waals surface area contributed by atoms with Gasteiger partial charge < -0.3 is 0 Å². The zero-order chi connectivity index (χ0) is 22.4. The largest absolute Gasteiger partial charge is 0.280 e. The van der Waals surface area contributed by atoms with Crippen molar-refractivity contribution in [2.45, 2.75) is 0 Å². The Balaban J connectivity index is 1.91. The minimum absolute atomic E-state index is 0.143. The third kappa shape index (κ3) is 2.89. The number of non-ortho nitro benzene ring substituents is 1. The van der Waals surface area contributed by atoms with Gasteiger partial charge >= 0.3 is 0 Å². The molecule has 0 aliphatic heterocycles. The number of benzene rings is 3. The molecule has 2 heterocycles. The van der Waals surface area contributed by atoms with Gasteiger partial charge in [-0.15, -0.1) is 0 Å². The van der Waals surface area contributed by atoms with Crippen molar-refractivity contribution in [3.63, 3.8) is 0 Å². The summed E-state index contributed by atoms with van der Waals surface area (Å²) in [5, 5.41) is 14.2. The molecule has 5 rings (SSSR count). The Bertz CT molecular complexity index is 1710. The van der Waals surface area contributed by atoms with Crippen molar-refractivity contribution < 1.29 is 4.92 Å². The molecule has 3 aromatic carbocycles. The van der Waals surface area contributed by atoms with Crippen LogP contribution in [0.25, 0.3) is 33.3 Å². The molecule has 0 saturated heterocycles. The van der Waals surface area contributed by atoms with E-state index in [4.69, 9.17) is 0 Å². The number of nitro groups is 1. The average molecular weight is 427 g/mol. The zero-order valence-electron chi connectivity index (χ0n) is 16.3. The Morgan fingerprint density at radius 3 is 2.09 bits per heavy atom. The molecule has 0 amide bonds. The number of H-pyrrole nitrogens is 1. The molecule has 156 valence electrons. The molecule has 0 spiro atoms. The number of hydrogen-bond acceptors (Lipinski definition) is 6. The summed E-state index contributed by atoms with van der Waals surface area (Å²) < 4.78 is 2.05. The first-order chi connectivity index (χ1) is 15.5. The smallest absolute Gasteiger partial charge is 0.268 e. The maximum atomic E-state index is 13.4. The van der Waals surface area contributed by atoms with Gasteiger partial charge in [0.15, 0.2) is 0 Å². The van der Waals surface area contributed by atoms with Crippen LogP contribution in [-0.4, -0.2) is 24.3 Å². The lowest BCUT2D eigenvalue weighted by molar-refractivity contribution is -0.384. The first-order valence-corrected chi connectivity index (χ1v) is 9.47. The third-order valence-corrected chi connectivity index (χ3v) is 5.10. The van der Waals surface area contributed by atoms with Gasteiger partial charge in [-0.2, -0.15) is 4.68 Å². The average Bonchev–Trinajstić information content (AvgIpc) is 2.81. The Kier molecular flexibility index (Phi) is 4.26. The van der Waals surface area contributed by atoms with Crippen molar-refractivity contribution in [2.75, 3.05) is 0 Å². The maximum absolute atomic E-state index is 13.4. The normalized spacial score (nSPS) is 11.1. The number of hydrogen-bond donors (Lipinski definition) is 1. The van der Waals surface area contributed by atoms with Gasteiger partial charge in [-0.3, -0.25) is 29.6 Å². The van der Waals surface area contributed by atoms with E-state index in [0.717, 1.165) is 9.25 Å². The zero-order valence-corrected chi connectivity index (χ0v) is 16.3. The SMILES string of the molecule is O=c1[nH]n(-c2nc3ccccc3c(=O)n2-c2ccc([N+](=O)[O-])cc2)c(=O)c2ccccc12. The molecular weight excluding hydrogens is 414 g/mol. The fraction of sp³-hybridized carbons (Fsp3) is 0. The number of rotatable bonds is 3. The fourth-order valence-corrected chi connectivity index (χ4v) is 3.57. The highest BCUT2D eigenvalue weighted by atomic mass is 16.6. The summed E-state index contributed by atoms with van der Waals surface area (Å²) in [4.78, 5) is 54.2. The Morgan fingerprint density at radius 2 is 1.41 bits per heavy atom. The molecule has 0 saturated carbocycles. The van der Waals surface area contributed by atoms with Gasteiger partial charge in [0.25, 0.3) is 22.4 Å². The van der Waals surface area contributed by atoms with Crippen molar-refractivity contribution >= 4 is 27.4 Å². The van der Waals surface area contributed by atoms with Crippen molar-refractivity contribution in [3.05, 3.63) is 114 Å². The summed E-state index contributed by atoms with van der Waals surface area (Å²) in [6.07, 6.45) is 0. The first-order valence-electron chi connectivity index (χ1n) is 9.47. The molecule has 1 N–H and O–H groups in total. The summed E-state index contributed by atoms with van der Waals surface area (Å²) in [6, 6.07) is 18.1. The summed E-state index contributed by atoms with van der Waals surface area (Å²) in [5.74, 6) is -0.143. The van der Waals surface area contributed by atoms with Gasteiger partial charge in [0.05, 0.1) is 32.3 Å². The predicted molar refractivity (Wildman–Crippen MR) is 118 cm³/mol. The quantitative estimate of drug-likeness (QED) is 0.347. The van der Waals surface area contributed by atoms with E-state index in [2.05, 4.69) is 10.1 Å². The minimum atomic E-state index is -0.571. The highest BCUT2D eigenvalue weighted by molar-refractivity contribution is 5.81. The van der Waals surface area contributed by atoms with Crippen LogP contribution in [0.15, 0.2) is 87.2 Å². The van der Waals surface area contributed by atoms with Gasteiger partial charge in [0.2, 0.25) is 5.95 Å². The van der Waals surface area contributed by atoms with E-state index in [9.17, 15) is 24.5 Å². The summed E-state index contributed by atoms with van der Waals surface area (Å²) >= 11 is 0. The van der Waals surface area contributed by atoms with E-state index in [1.54, 1.807) is 36.4 Å². The molecular formula is C22H13N5O5. The van der Waals surface area contributed by atoms with Crippen molar-refractivity contribution in [3.8, 4) is 11.6 Å². The molecule has 0 atom stereocenters. The fourth-order valence-electron chi connectivity index (χ4n) is 3.57. The van der Waals surface area contributed by atoms with Crippen molar-refractivity contribution in [1.82, 2.24) is 19.3 Å². The maximum Gasteiger partial charge on any atom is 0.280 e. The van der Waals surface area contributed by atoms with Crippen LogP contribution in [0.2, 0.25) is 0 Å². The Labute approximate surface area is 177 Å². The second-order valence-electron chi connectivity index (χ2n) is 6.97. The second-order valence-corrected chi connectivity index (χ2v) is 6.97. The van der Waals surface area contributed by atoms with Gasteiger partial charge in [0.1, 0.15) is 0 Å². The van der Waals surface area contributed by atoms with E-state index in [1.165, 1.54) is 36.4 Å².